The fraction of sp³-hybridized carbons (Fsp3) is 0.541. The Morgan fingerprint density at radius 2 is 1.98 bits per heavy atom. The van der Waals surface area contributed by atoms with Crippen LogP contribution in [0.4, 0.5) is 5.69 Å². The van der Waals surface area contributed by atoms with Gasteiger partial charge in [-0.25, -0.2) is 23.2 Å². The summed E-state index contributed by atoms with van der Waals surface area (Å²) in [5.41, 5.74) is 3.77. The summed E-state index contributed by atoms with van der Waals surface area (Å²) in [4.78, 5) is 22.9. The molecule has 262 valence electrons. The van der Waals surface area contributed by atoms with E-state index in [1.54, 1.807) is 19.1 Å². The molecule has 2 aliphatic heterocycles. The van der Waals surface area contributed by atoms with Gasteiger partial charge in [0.15, 0.2) is 0 Å². The lowest BCUT2D eigenvalue weighted by atomic mass is 9.67. The van der Waals surface area contributed by atoms with Crippen LogP contribution in [0.3, 0.4) is 0 Å². The minimum absolute atomic E-state index is 0.0254. The first-order valence-corrected chi connectivity index (χ1v) is 19.2. The molecule has 7 rings (SSSR count). The Balaban J connectivity index is 1.08. The summed E-state index contributed by atoms with van der Waals surface area (Å²) >= 11 is 6.44. The normalized spacial score (nSPS) is 27.2. The number of benzene rings is 2. The van der Waals surface area contributed by atoms with Gasteiger partial charge in [-0.2, -0.15) is 0 Å². The van der Waals surface area contributed by atoms with Crippen LogP contribution in [-0.4, -0.2) is 81.8 Å². The van der Waals surface area contributed by atoms with Crippen LogP contribution >= 0.6 is 11.6 Å². The molecule has 3 heterocycles. The van der Waals surface area contributed by atoms with Gasteiger partial charge in [0.25, 0.3) is 0 Å². The van der Waals surface area contributed by atoms with Crippen molar-refractivity contribution in [1.29, 1.82) is 0 Å². The zero-order valence-corrected chi connectivity index (χ0v) is 29.6. The minimum atomic E-state index is -3.69. The first-order chi connectivity index (χ1) is 23.7. The molecule has 0 amide bonds. The lowest BCUT2D eigenvalue weighted by Gasteiger charge is -2.47. The van der Waals surface area contributed by atoms with E-state index in [0.717, 1.165) is 74.5 Å². The second-order valence-electron chi connectivity index (χ2n) is 14.1. The zero-order chi connectivity index (χ0) is 34.2. The number of fused-ring (bicyclic) bond motifs is 3. The summed E-state index contributed by atoms with van der Waals surface area (Å²) < 4.78 is 50.2. The predicted molar refractivity (Wildman–Crippen MR) is 185 cm³/mol. The molecule has 6 atom stereocenters. The zero-order valence-electron chi connectivity index (χ0n) is 28.1. The van der Waals surface area contributed by atoms with E-state index in [-0.39, 0.29) is 35.4 Å². The summed E-state index contributed by atoms with van der Waals surface area (Å²) in [6, 6.07) is 13.4. The number of rotatable bonds is 9. The van der Waals surface area contributed by atoms with Crippen molar-refractivity contribution >= 4 is 33.1 Å². The maximum absolute atomic E-state index is 13.0. The van der Waals surface area contributed by atoms with Crippen molar-refractivity contribution in [3.8, 4) is 5.75 Å². The smallest absolute Gasteiger partial charge is 0.337 e. The molecule has 4 aliphatic rings. The molecule has 1 spiro atoms. The van der Waals surface area contributed by atoms with Gasteiger partial charge in [-0.3, -0.25) is 0 Å². The van der Waals surface area contributed by atoms with Crippen LogP contribution < -0.4 is 9.64 Å². The molecule has 2 fully saturated rings. The Hall–Kier alpha value is -3.25. The molecule has 0 radical (unpaired) electrons. The summed E-state index contributed by atoms with van der Waals surface area (Å²) in [5.74, 6) is 1.11. The number of esters is 1. The van der Waals surface area contributed by atoms with Crippen LogP contribution in [0.15, 0.2) is 60.0 Å². The third kappa shape index (κ3) is 6.92. The quantitative estimate of drug-likeness (QED) is 0.198. The molecule has 2 aliphatic carbocycles. The van der Waals surface area contributed by atoms with Crippen LogP contribution in [-0.2, 0) is 35.9 Å². The number of carbonyl (C=O) groups excluding carboxylic acids is 1. The third-order valence-electron chi connectivity index (χ3n) is 11.0. The summed E-state index contributed by atoms with van der Waals surface area (Å²) in [5, 5.41) is -0.183. The largest absolute Gasteiger partial charge is 0.490 e. The van der Waals surface area contributed by atoms with Crippen LogP contribution in [0.2, 0.25) is 5.02 Å². The summed E-state index contributed by atoms with van der Waals surface area (Å²) in [6.45, 7) is 4.41. The van der Waals surface area contributed by atoms with Crippen molar-refractivity contribution in [3.05, 3.63) is 76.6 Å². The van der Waals surface area contributed by atoms with Gasteiger partial charge in [0.2, 0.25) is 15.0 Å². The van der Waals surface area contributed by atoms with E-state index in [2.05, 4.69) is 27.0 Å². The number of hydrogen-bond acceptors (Lipinski definition) is 10. The third-order valence-corrected chi connectivity index (χ3v) is 13.2. The first kappa shape index (κ1) is 34.2. The monoisotopic (exact) mass is 709 g/mol. The number of halogens is 1. The average molecular weight is 710 g/mol. The van der Waals surface area contributed by atoms with E-state index in [0.29, 0.717) is 30.6 Å². The van der Waals surface area contributed by atoms with E-state index in [1.165, 1.54) is 30.6 Å². The van der Waals surface area contributed by atoms with Gasteiger partial charge in [0.05, 0.1) is 49.0 Å². The van der Waals surface area contributed by atoms with Gasteiger partial charge >= 0.3 is 5.97 Å². The summed E-state index contributed by atoms with van der Waals surface area (Å²) in [6.07, 6.45) is 9.44. The van der Waals surface area contributed by atoms with Crippen LogP contribution in [0.25, 0.3) is 0 Å². The van der Waals surface area contributed by atoms with Gasteiger partial charge in [0, 0.05) is 48.9 Å². The number of carbonyl (C=O) groups is 1. The number of nitrogens with zero attached hydrogens (tertiary/aromatic N) is 3. The van der Waals surface area contributed by atoms with Gasteiger partial charge in [-0.1, -0.05) is 17.7 Å². The molecule has 3 aromatic rings. The van der Waals surface area contributed by atoms with Gasteiger partial charge in [-0.15, -0.1) is 0 Å². The van der Waals surface area contributed by atoms with Gasteiger partial charge in [-0.05, 0) is 105 Å². The van der Waals surface area contributed by atoms with E-state index in [9.17, 15) is 13.2 Å². The predicted octanol–water partition coefficient (Wildman–Crippen LogP) is 5.84. The highest BCUT2D eigenvalue weighted by Crippen LogP contribution is 2.47. The molecule has 10 nitrogen and oxygen atoms in total. The molecule has 12 heteroatoms. The van der Waals surface area contributed by atoms with Crippen LogP contribution in [0.5, 0.6) is 5.75 Å². The van der Waals surface area contributed by atoms with Gasteiger partial charge < -0.3 is 23.8 Å². The number of methoxy groups -OCH3 is 1. The van der Waals surface area contributed by atoms with Crippen molar-refractivity contribution in [2.75, 3.05) is 44.9 Å². The molecule has 2 aromatic carbocycles. The average Bonchev–Trinajstić information content (AvgIpc) is 3.25. The Labute approximate surface area is 293 Å². The molecule has 1 saturated carbocycles. The van der Waals surface area contributed by atoms with Crippen molar-refractivity contribution in [1.82, 2.24) is 9.97 Å². The molecule has 0 unspecified atom stereocenters. The Morgan fingerprint density at radius 3 is 2.76 bits per heavy atom. The second-order valence-corrected chi connectivity index (χ2v) is 16.8. The number of aryl methyl sites for hydroxylation is 1. The van der Waals surface area contributed by atoms with Crippen molar-refractivity contribution in [2.45, 2.75) is 79.9 Å². The van der Waals surface area contributed by atoms with Crippen molar-refractivity contribution < 1.29 is 32.2 Å². The Morgan fingerprint density at radius 1 is 1.14 bits per heavy atom. The highest BCUT2D eigenvalue weighted by molar-refractivity contribution is 7.91. The topological polar surface area (TPSA) is 117 Å². The van der Waals surface area contributed by atoms with Crippen molar-refractivity contribution in [2.24, 2.45) is 11.8 Å². The van der Waals surface area contributed by atoms with E-state index < -0.39 is 15.1 Å². The fourth-order valence-electron chi connectivity index (χ4n) is 8.17. The second kappa shape index (κ2) is 14.2. The SMILES string of the molecule is COC(=O)c1ccc2c(c1)N(C[C@@H]1CC[C@H]1[C@H]1C[C@H](OC[C@@H](C)S(=O)(=O)c3ncccn3)CCO1)C[C@@]1(CCCc3cc(Cl)ccc31)CO2. The molecular formula is C37H44ClN3O7S. The molecule has 1 aromatic heterocycles. The van der Waals surface area contributed by atoms with Crippen LogP contribution in [0, 0.1) is 11.8 Å². The highest BCUT2D eigenvalue weighted by atomic mass is 35.5. The Kier molecular flexibility index (Phi) is 9.89. The molecule has 0 bridgehead atoms. The highest BCUT2D eigenvalue weighted by Gasteiger charge is 2.45. The van der Waals surface area contributed by atoms with E-state index in [4.69, 9.17) is 30.5 Å². The lowest BCUT2D eigenvalue weighted by molar-refractivity contribution is -0.116. The molecular weight excluding hydrogens is 666 g/mol. The van der Waals surface area contributed by atoms with Crippen molar-refractivity contribution in [3.63, 3.8) is 0 Å². The Bertz CT molecular complexity index is 1780. The number of aromatic nitrogens is 2. The summed E-state index contributed by atoms with van der Waals surface area (Å²) in [7, 11) is -2.29. The molecule has 0 N–H and O–H groups in total. The van der Waals surface area contributed by atoms with Gasteiger partial charge in [0.1, 0.15) is 5.75 Å². The first-order valence-electron chi connectivity index (χ1n) is 17.3. The number of ether oxygens (including phenoxy) is 4. The maximum Gasteiger partial charge on any atom is 0.337 e. The fourth-order valence-corrected chi connectivity index (χ4v) is 9.40. The van der Waals surface area contributed by atoms with E-state index in [1.807, 2.05) is 18.2 Å². The van der Waals surface area contributed by atoms with Crippen LogP contribution in [0.1, 0.15) is 66.9 Å². The molecule has 1 saturated heterocycles. The lowest BCUT2D eigenvalue weighted by Crippen LogP contribution is -2.51. The van der Waals surface area contributed by atoms with E-state index >= 15 is 0 Å². The standard InChI is InChI=1S/C37H44ClN3O7S/c1-24(49(43,44)36-39-14-4-15-40-36)21-47-29-12-16-46-34(19-29)30-9-6-27(30)20-41-22-37(13-3-5-25-17-28(38)8-10-31(25)37)23-48-33-11-7-26(18-32(33)41)35(42)45-2/h4,7-8,10-11,14-15,17-18,24,27,29-30,34H,3,5-6,9,12-13,16,19-23H2,1-2H3/t24-,27+,29-,30-,34-,37+/m1/s1. The number of anilines is 1. The number of hydrogen-bond donors (Lipinski definition) is 0. The maximum atomic E-state index is 13.0. The molecule has 49 heavy (non-hydrogen) atoms. The number of sulfone groups is 1. The minimum Gasteiger partial charge on any atom is -0.490 e.